The molecule has 0 saturated heterocycles. The van der Waals surface area contributed by atoms with Crippen LogP contribution in [-0.2, 0) is 4.52 Å². The van der Waals surface area contributed by atoms with Crippen LogP contribution in [0, 0.1) is 0 Å². The maximum Gasteiger partial charge on any atom is 0.245 e. The zero-order valence-corrected chi connectivity index (χ0v) is 4.35. The van der Waals surface area contributed by atoms with Crippen molar-refractivity contribution in [1.82, 2.24) is 0 Å². The summed E-state index contributed by atoms with van der Waals surface area (Å²) in [5, 5.41) is 0. The first kappa shape index (κ1) is 10.2. The van der Waals surface area contributed by atoms with Gasteiger partial charge in [0.15, 0.2) is 0 Å². The van der Waals surface area contributed by atoms with Crippen molar-refractivity contribution in [2.24, 2.45) is 0 Å². The lowest BCUT2D eigenvalue weighted by molar-refractivity contribution is 0.304. The fraction of sp³-hybridized carbons (Fsp3) is 0.667. The number of rotatable bonds is 1. The van der Waals surface area contributed by atoms with Gasteiger partial charge in [-0.15, -0.1) is 0 Å². The molecule has 3 nitrogen and oxygen atoms in total. The van der Waals surface area contributed by atoms with E-state index in [1.165, 1.54) is 7.11 Å². The van der Waals surface area contributed by atoms with E-state index >= 15 is 0 Å². The van der Waals surface area contributed by atoms with E-state index in [1.807, 2.05) is 0 Å². The molecule has 0 spiro atoms. The SMILES string of the molecule is C.C=P(O)(O)OC. The summed E-state index contributed by atoms with van der Waals surface area (Å²) >= 11 is 0. The van der Waals surface area contributed by atoms with Crippen molar-refractivity contribution >= 4 is 13.9 Å². The van der Waals surface area contributed by atoms with Crippen molar-refractivity contribution in [3.8, 4) is 0 Å². The maximum absolute atomic E-state index is 8.16. The summed E-state index contributed by atoms with van der Waals surface area (Å²) in [5.41, 5.74) is 0. The Morgan fingerprint density at radius 3 is 1.71 bits per heavy atom. The van der Waals surface area contributed by atoms with Gasteiger partial charge in [-0.2, -0.15) is 0 Å². The number of hydrogen-bond donors (Lipinski definition) is 2. The van der Waals surface area contributed by atoms with Gasteiger partial charge in [0.05, 0.1) is 0 Å². The Hall–Kier alpha value is 0.180. The molecule has 0 radical (unpaired) electrons. The molecular weight excluding hydrogens is 115 g/mol. The van der Waals surface area contributed by atoms with Gasteiger partial charge in [0.2, 0.25) is 7.57 Å². The summed E-state index contributed by atoms with van der Waals surface area (Å²) in [5.74, 6) is 0. The molecule has 0 aliphatic rings. The van der Waals surface area contributed by atoms with Crippen LogP contribution in [-0.4, -0.2) is 23.2 Å². The molecule has 7 heavy (non-hydrogen) atoms. The second-order valence-corrected chi connectivity index (χ2v) is 2.54. The van der Waals surface area contributed by atoms with E-state index < -0.39 is 7.57 Å². The molecule has 0 amide bonds. The van der Waals surface area contributed by atoms with Crippen molar-refractivity contribution < 1.29 is 14.3 Å². The zero-order chi connectivity index (χ0) is 5.21. The summed E-state index contributed by atoms with van der Waals surface area (Å²) < 4.78 is 4.05. The Morgan fingerprint density at radius 2 is 1.71 bits per heavy atom. The minimum atomic E-state index is -3.15. The lowest BCUT2D eigenvalue weighted by Crippen LogP contribution is -1.77. The molecule has 2 N–H and O–H groups in total. The van der Waals surface area contributed by atoms with E-state index in [2.05, 4.69) is 10.8 Å². The van der Waals surface area contributed by atoms with Crippen LogP contribution in [0.15, 0.2) is 0 Å². The third kappa shape index (κ3) is 10.7. The van der Waals surface area contributed by atoms with E-state index in [0.29, 0.717) is 0 Å². The third-order valence-corrected chi connectivity index (χ3v) is 0.877. The molecule has 0 atom stereocenters. The Labute approximate surface area is 43.8 Å². The lowest BCUT2D eigenvalue weighted by atomic mass is 11.8. The smallest absolute Gasteiger partial charge is 0.245 e. The molecule has 0 saturated carbocycles. The van der Waals surface area contributed by atoms with Crippen LogP contribution in [0.2, 0.25) is 0 Å². The predicted octanol–water partition coefficient (Wildman–Crippen LogP) is 0.448. The van der Waals surface area contributed by atoms with Crippen molar-refractivity contribution in [3.05, 3.63) is 0 Å². The van der Waals surface area contributed by atoms with Gasteiger partial charge in [-0.05, 0) is 6.30 Å². The van der Waals surface area contributed by atoms with Gasteiger partial charge in [-0.3, -0.25) is 0 Å². The largest absolute Gasteiger partial charge is 0.333 e. The fourth-order valence-corrected chi connectivity index (χ4v) is 0. The molecule has 0 aromatic carbocycles. The number of hydrogen-bond acceptors (Lipinski definition) is 3. The normalized spacial score (nSPS) is 10.1. The highest BCUT2D eigenvalue weighted by atomic mass is 31.2. The predicted molar refractivity (Wildman–Crippen MR) is 32.2 cm³/mol. The Bertz CT molecular complexity index is 74.2. The van der Waals surface area contributed by atoms with Crippen LogP contribution in [0.3, 0.4) is 0 Å². The van der Waals surface area contributed by atoms with Gasteiger partial charge in [0.1, 0.15) is 0 Å². The summed E-state index contributed by atoms with van der Waals surface area (Å²) in [6, 6.07) is 0. The minimum Gasteiger partial charge on any atom is -0.333 e. The molecule has 0 aliphatic carbocycles. The van der Waals surface area contributed by atoms with Crippen molar-refractivity contribution in [2.45, 2.75) is 7.43 Å². The second-order valence-electron chi connectivity index (χ2n) is 0.847. The quantitative estimate of drug-likeness (QED) is 0.501. The van der Waals surface area contributed by atoms with Gasteiger partial charge in [0.25, 0.3) is 0 Å². The molecule has 0 unspecified atom stereocenters. The molecule has 46 valence electrons. The van der Waals surface area contributed by atoms with Crippen LogP contribution >= 0.6 is 7.57 Å². The molecule has 0 rings (SSSR count). The minimum absolute atomic E-state index is 0. The first-order valence-electron chi connectivity index (χ1n) is 1.31. The first-order chi connectivity index (χ1) is 2.56. The second kappa shape index (κ2) is 3.22. The van der Waals surface area contributed by atoms with Crippen LogP contribution in [0.1, 0.15) is 7.43 Å². The summed E-state index contributed by atoms with van der Waals surface area (Å²) in [4.78, 5) is 16.3. The Kier molecular flexibility index (Phi) is 4.70. The van der Waals surface area contributed by atoms with Crippen molar-refractivity contribution in [1.29, 1.82) is 0 Å². The summed E-state index contributed by atoms with van der Waals surface area (Å²) in [6.07, 6.45) is 2.89. The van der Waals surface area contributed by atoms with Gasteiger partial charge in [0, 0.05) is 7.11 Å². The van der Waals surface area contributed by atoms with Crippen molar-refractivity contribution in [3.63, 3.8) is 0 Å². The molecule has 0 aromatic heterocycles. The molecule has 0 heterocycles. The summed E-state index contributed by atoms with van der Waals surface area (Å²) in [7, 11) is -1.95. The Morgan fingerprint density at radius 1 is 1.57 bits per heavy atom. The van der Waals surface area contributed by atoms with E-state index in [9.17, 15) is 0 Å². The van der Waals surface area contributed by atoms with Crippen LogP contribution < -0.4 is 0 Å². The third-order valence-electron chi connectivity index (χ3n) is 0.292. The van der Waals surface area contributed by atoms with Gasteiger partial charge < -0.3 is 14.3 Å². The van der Waals surface area contributed by atoms with Crippen molar-refractivity contribution in [2.75, 3.05) is 7.11 Å². The average molecular weight is 126 g/mol. The molecule has 4 heteroatoms. The van der Waals surface area contributed by atoms with E-state index in [4.69, 9.17) is 9.79 Å². The van der Waals surface area contributed by atoms with E-state index in [0.717, 1.165) is 0 Å². The Balaban J connectivity index is 0. The fourth-order valence-electron chi connectivity index (χ4n) is 0. The van der Waals surface area contributed by atoms with E-state index in [-0.39, 0.29) is 7.43 Å². The average Bonchev–Trinajstić information content (AvgIpc) is 1.35. The zero-order valence-electron chi connectivity index (χ0n) is 3.46. The molecular formula is C3H11O3P. The first-order valence-corrected chi connectivity index (χ1v) is 3.10. The maximum atomic E-state index is 8.16. The topological polar surface area (TPSA) is 49.7 Å². The monoisotopic (exact) mass is 126 g/mol. The van der Waals surface area contributed by atoms with Gasteiger partial charge in [-0.25, -0.2) is 0 Å². The lowest BCUT2D eigenvalue weighted by Gasteiger charge is -2.02. The van der Waals surface area contributed by atoms with Gasteiger partial charge >= 0.3 is 0 Å². The standard InChI is InChI=1S/C2H7O3P.CH4/c1-5-6(2,3)4;/h3-4H,2H2,1H3;1H4. The summed E-state index contributed by atoms with van der Waals surface area (Å²) in [6.45, 7) is 0. The van der Waals surface area contributed by atoms with E-state index in [1.54, 1.807) is 0 Å². The van der Waals surface area contributed by atoms with Crippen LogP contribution in [0.5, 0.6) is 0 Å². The van der Waals surface area contributed by atoms with Gasteiger partial charge in [-0.1, -0.05) is 7.43 Å². The van der Waals surface area contributed by atoms with Crippen LogP contribution in [0.25, 0.3) is 0 Å². The highest BCUT2D eigenvalue weighted by Gasteiger charge is 1.95. The molecule has 0 fully saturated rings. The molecule has 0 aliphatic heterocycles. The highest BCUT2D eigenvalue weighted by Crippen LogP contribution is 2.32. The molecule has 0 aromatic rings. The van der Waals surface area contributed by atoms with Crippen LogP contribution in [0.4, 0.5) is 0 Å². The highest BCUT2D eigenvalue weighted by molar-refractivity contribution is 7.57. The molecule has 0 bridgehead atoms.